The van der Waals surface area contributed by atoms with Crippen LogP contribution in [0.4, 0.5) is 5.95 Å². The maximum Gasteiger partial charge on any atom is 0.303 e. The predicted molar refractivity (Wildman–Crippen MR) is 62.0 cm³/mol. The number of aromatic nitrogens is 3. The number of hydrogen-bond donors (Lipinski definition) is 2. The van der Waals surface area contributed by atoms with E-state index in [0.717, 1.165) is 0 Å². The Labute approximate surface area is 105 Å². The van der Waals surface area contributed by atoms with Gasteiger partial charge in [0, 0.05) is 24.2 Å². The van der Waals surface area contributed by atoms with Gasteiger partial charge in [0.25, 0.3) is 5.95 Å². The molecule has 0 saturated carbocycles. The molecule has 1 aromatic heterocycles. The van der Waals surface area contributed by atoms with Gasteiger partial charge in [-0.1, -0.05) is 15.9 Å². The number of anilines is 1. The number of carboxylic acid groups (broad SMARTS) is 1. The van der Waals surface area contributed by atoms with E-state index >= 15 is 0 Å². The Morgan fingerprint density at radius 1 is 1.65 bits per heavy atom. The lowest BCUT2D eigenvalue weighted by atomic mass is 10.3. The molecule has 0 bridgehead atoms. The van der Waals surface area contributed by atoms with Gasteiger partial charge in [0.1, 0.15) is 5.82 Å². The number of carbonyl (C=O) groups is 2. The summed E-state index contributed by atoms with van der Waals surface area (Å²) in [7, 11) is 0. The number of hydrogen-bond acceptors (Lipinski definition) is 4. The lowest BCUT2D eigenvalue weighted by molar-refractivity contribution is -0.137. The SMILES string of the molecule is O=C(O)CCc1nc(N2CC(Br)CC2=O)n[nH]1. The second-order valence-corrected chi connectivity index (χ2v) is 5.08. The largest absolute Gasteiger partial charge is 0.481 e. The molecule has 8 heteroatoms. The van der Waals surface area contributed by atoms with Crippen LogP contribution in [0.5, 0.6) is 0 Å². The summed E-state index contributed by atoms with van der Waals surface area (Å²) in [6.45, 7) is 0.537. The smallest absolute Gasteiger partial charge is 0.303 e. The highest BCUT2D eigenvalue weighted by molar-refractivity contribution is 9.09. The van der Waals surface area contributed by atoms with Crippen molar-refractivity contribution < 1.29 is 14.7 Å². The molecule has 17 heavy (non-hydrogen) atoms. The monoisotopic (exact) mass is 302 g/mol. The molecular formula is C9H11BrN4O3. The molecule has 7 nitrogen and oxygen atoms in total. The van der Waals surface area contributed by atoms with Gasteiger partial charge < -0.3 is 5.11 Å². The van der Waals surface area contributed by atoms with E-state index < -0.39 is 5.97 Å². The quantitative estimate of drug-likeness (QED) is 0.781. The Morgan fingerprint density at radius 3 is 3.00 bits per heavy atom. The number of halogens is 1. The number of rotatable bonds is 4. The van der Waals surface area contributed by atoms with E-state index in [9.17, 15) is 9.59 Å². The summed E-state index contributed by atoms with van der Waals surface area (Å²) in [5.41, 5.74) is 0. The highest BCUT2D eigenvalue weighted by Gasteiger charge is 2.31. The molecule has 0 radical (unpaired) electrons. The highest BCUT2D eigenvalue weighted by Crippen LogP contribution is 2.22. The summed E-state index contributed by atoms with van der Waals surface area (Å²) in [6.07, 6.45) is 0.699. The van der Waals surface area contributed by atoms with Crippen LogP contribution < -0.4 is 4.90 Å². The predicted octanol–water partition coefficient (Wildman–Crippen LogP) is 0.322. The first-order chi connectivity index (χ1) is 8.06. The van der Waals surface area contributed by atoms with Crippen LogP contribution in [0.15, 0.2) is 0 Å². The molecule has 0 aliphatic carbocycles. The molecule has 2 N–H and O–H groups in total. The first kappa shape index (κ1) is 12.0. The molecular weight excluding hydrogens is 292 g/mol. The molecule has 1 amide bonds. The fourth-order valence-corrected chi connectivity index (χ4v) is 2.17. The maximum absolute atomic E-state index is 11.6. The van der Waals surface area contributed by atoms with E-state index in [1.54, 1.807) is 0 Å². The van der Waals surface area contributed by atoms with Gasteiger partial charge in [-0.25, -0.2) is 0 Å². The van der Waals surface area contributed by atoms with Crippen molar-refractivity contribution in [2.45, 2.75) is 24.1 Å². The third-order valence-corrected chi connectivity index (χ3v) is 3.03. The molecule has 2 rings (SSSR count). The van der Waals surface area contributed by atoms with Crippen LogP contribution in [-0.4, -0.2) is 43.5 Å². The average Bonchev–Trinajstić information content (AvgIpc) is 2.82. The molecule has 2 heterocycles. The minimum atomic E-state index is -0.888. The molecule has 0 spiro atoms. The van der Waals surface area contributed by atoms with E-state index in [0.29, 0.717) is 24.7 Å². The molecule has 0 aromatic carbocycles. The number of amides is 1. The Kier molecular flexibility index (Phi) is 3.41. The molecule has 1 unspecified atom stereocenters. The van der Waals surface area contributed by atoms with Gasteiger partial charge in [0.05, 0.1) is 6.42 Å². The van der Waals surface area contributed by atoms with Crippen molar-refractivity contribution >= 4 is 33.8 Å². The summed E-state index contributed by atoms with van der Waals surface area (Å²) >= 11 is 3.37. The van der Waals surface area contributed by atoms with Crippen molar-refractivity contribution in [3.05, 3.63) is 5.82 Å². The van der Waals surface area contributed by atoms with E-state index in [1.807, 2.05) is 0 Å². The van der Waals surface area contributed by atoms with Crippen LogP contribution in [-0.2, 0) is 16.0 Å². The fraction of sp³-hybridized carbons (Fsp3) is 0.556. The Morgan fingerprint density at radius 2 is 2.41 bits per heavy atom. The second-order valence-electron chi connectivity index (χ2n) is 3.78. The third-order valence-electron chi connectivity index (χ3n) is 2.41. The van der Waals surface area contributed by atoms with Gasteiger partial charge in [0.2, 0.25) is 5.91 Å². The zero-order valence-electron chi connectivity index (χ0n) is 8.89. The van der Waals surface area contributed by atoms with E-state index in [2.05, 4.69) is 31.1 Å². The molecule has 1 aliphatic heterocycles. The van der Waals surface area contributed by atoms with Crippen molar-refractivity contribution in [3.63, 3.8) is 0 Å². The highest BCUT2D eigenvalue weighted by atomic mass is 79.9. The number of alkyl halides is 1. The Balaban J connectivity index is 2.03. The molecule has 1 atom stereocenters. The zero-order valence-corrected chi connectivity index (χ0v) is 10.5. The van der Waals surface area contributed by atoms with E-state index in [4.69, 9.17) is 5.11 Å². The summed E-state index contributed by atoms with van der Waals surface area (Å²) in [5, 5.41) is 15.1. The molecule has 92 valence electrons. The van der Waals surface area contributed by atoms with Crippen LogP contribution in [0.25, 0.3) is 0 Å². The van der Waals surface area contributed by atoms with Gasteiger partial charge in [-0.05, 0) is 0 Å². The number of aliphatic carboxylic acids is 1. The minimum absolute atomic E-state index is 0.0103. The van der Waals surface area contributed by atoms with Crippen LogP contribution >= 0.6 is 15.9 Å². The molecule has 1 aromatic rings. The van der Waals surface area contributed by atoms with Crippen molar-refractivity contribution in [1.29, 1.82) is 0 Å². The summed E-state index contributed by atoms with van der Waals surface area (Å²) in [5.74, 6) is -0.123. The number of nitrogens with zero attached hydrogens (tertiary/aromatic N) is 3. The minimum Gasteiger partial charge on any atom is -0.481 e. The van der Waals surface area contributed by atoms with Crippen molar-refractivity contribution in [2.75, 3.05) is 11.4 Å². The fourth-order valence-electron chi connectivity index (χ4n) is 1.60. The molecule has 1 saturated heterocycles. The van der Waals surface area contributed by atoms with Crippen molar-refractivity contribution in [2.24, 2.45) is 0 Å². The number of nitrogens with one attached hydrogen (secondary N) is 1. The summed E-state index contributed by atoms with van der Waals surface area (Å²) in [4.78, 5) is 27.7. The third kappa shape index (κ3) is 2.82. The van der Waals surface area contributed by atoms with Crippen molar-refractivity contribution in [3.8, 4) is 0 Å². The second kappa shape index (κ2) is 4.82. The van der Waals surface area contributed by atoms with Gasteiger partial charge >= 0.3 is 5.97 Å². The number of H-pyrrole nitrogens is 1. The molecule has 1 aliphatic rings. The topological polar surface area (TPSA) is 99.2 Å². The van der Waals surface area contributed by atoms with Gasteiger partial charge in [-0.15, -0.1) is 5.10 Å². The van der Waals surface area contributed by atoms with E-state index in [-0.39, 0.29) is 23.6 Å². The van der Waals surface area contributed by atoms with Crippen LogP contribution in [0, 0.1) is 0 Å². The first-order valence-corrected chi connectivity index (χ1v) is 6.05. The lowest BCUT2D eigenvalue weighted by Gasteiger charge is -2.09. The van der Waals surface area contributed by atoms with Crippen LogP contribution in [0.2, 0.25) is 0 Å². The average molecular weight is 303 g/mol. The van der Waals surface area contributed by atoms with Gasteiger partial charge in [-0.2, -0.15) is 4.98 Å². The number of aryl methyl sites for hydroxylation is 1. The van der Waals surface area contributed by atoms with E-state index in [1.165, 1.54) is 4.90 Å². The maximum atomic E-state index is 11.6. The van der Waals surface area contributed by atoms with Crippen LogP contribution in [0.3, 0.4) is 0 Å². The summed E-state index contributed by atoms with van der Waals surface area (Å²) < 4.78 is 0. The number of carbonyl (C=O) groups excluding carboxylic acids is 1. The van der Waals surface area contributed by atoms with Crippen molar-refractivity contribution in [1.82, 2.24) is 15.2 Å². The standard InChI is InChI=1S/C9H11BrN4O3/c10-5-3-7(15)14(4-5)9-11-6(12-13-9)1-2-8(16)17/h5H,1-4H2,(H,16,17)(H,11,12,13). The molecule has 1 fully saturated rings. The van der Waals surface area contributed by atoms with Crippen LogP contribution in [0.1, 0.15) is 18.7 Å². The zero-order chi connectivity index (χ0) is 12.4. The Hall–Kier alpha value is -1.44. The number of aromatic amines is 1. The summed E-state index contributed by atoms with van der Waals surface area (Å²) in [6, 6.07) is 0. The normalized spacial score (nSPS) is 19.9. The van der Waals surface area contributed by atoms with Gasteiger partial charge in [0.15, 0.2) is 0 Å². The Bertz CT molecular complexity index is 447. The van der Waals surface area contributed by atoms with Gasteiger partial charge in [-0.3, -0.25) is 19.6 Å². The first-order valence-electron chi connectivity index (χ1n) is 5.14. The lowest BCUT2D eigenvalue weighted by Crippen LogP contribution is -2.25. The number of carboxylic acids is 1.